The summed E-state index contributed by atoms with van der Waals surface area (Å²) in [6, 6.07) is 0. The molecule has 0 aromatic heterocycles. The Morgan fingerprint density at radius 1 is 0.958 bits per heavy atom. The first-order valence-corrected chi connectivity index (χ1v) is 9.56. The minimum atomic E-state index is 0.613. The average Bonchev–Trinajstić information content (AvgIpc) is 2.57. The number of nitrogens with one attached hydrogen (secondary N) is 1. The van der Waals surface area contributed by atoms with Gasteiger partial charge < -0.3 is 15.0 Å². The Bertz CT molecular complexity index is 374. The summed E-state index contributed by atoms with van der Waals surface area (Å²) in [7, 11) is 1.90. The number of guanidine groups is 1. The minimum absolute atomic E-state index is 0.613. The van der Waals surface area contributed by atoms with Gasteiger partial charge in [-0.25, -0.2) is 0 Å². The summed E-state index contributed by atoms with van der Waals surface area (Å²) in [6.45, 7) is 18.5. The summed E-state index contributed by atoms with van der Waals surface area (Å²) in [6.07, 6.45) is 0. The van der Waals surface area contributed by atoms with Gasteiger partial charge in [0.1, 0.15) is 0 Å². The van der Waals surface area contributed by atoms with E-state index in [1.807, 2.05) is 7.05 Å². The van der Waals surface area contributed by atoms with Crippen LogP contribution in [-0.4, -0.2) is 99.8 Å². The molecule has 0 saturated carbocycles. The van der Waals surface area contributed by atoms with Crippen LogP contribution in [0.15, 0.2) is 4.99 Å². The normalized spacial score (nSPS) is 22.9. The Labute approximate surface area is 148 Å². The van der Waals surface area contributed by atoms with Crippen molar-refractivity contribution >= 4 is 5.96 Å². The summed E-state index contributed by atoms with van der Waals surface area (Å²) in [5.74, 6) is 2.42. The highest BCUT2D eigenvalue weighted by Crippen LogP contribution is 2.07. The molecule has 2 rings (SSSR count). The molecule has 0 amide bonds. The Morgan fingerprint density at radius 2 is 1.58 bits per heavy atom. The van der Waals surface area contributed by atoms with Crippen LogP contribution in [-0.2, 0) is 4.74 Å². The van der Waals surface area contributed by atoms with Gasteiger partial charge in [0.15, 0.2) is 5.96 Å². The van der Waals surface area contributed by atoms with Crippen molar-refractivity contribution < 1.29 is 4.74 Å². The van der Waals surface area contributed by atoms with Crippen molar-refractivity contribution in [2.24, 2.45) is 16.8 Å². The van der Waals surface area contributed by atoms with Crippen molar-refractivity contribution in [1.29, 1.82) is 0 Å². The molecule has 2 heterocycles. The number of nitrogens with zero attached hydrogens (tertiary/aromatic N) is 4. The molecule has 1 atom stereocenters. The summed E-state index contributed by atoms with van der Waals surface area (Å²) in [4.78, 5) is 12.0. The van der Waals surface area contributed by atoms with Gasteiger partial charge in [0.2, 0.25) is 0 Å². The largest absolute Gasteiger partial charge is 0.379 e. The van der Waals surface area contributed by atoms with E-state index in [0.717, 1.165) is 77.4 Å². The van der Waals surface area contributed by atoms with E-state index < -0.39 is 0 Å². The number of hydrogen-bond donors (Lipinski definition) is 1. The molecule has 0 aliphatic carbocycles. The third kappa shape index (κ3) is 6.57. The second-order valence-corrected chi connectivity index (χ2v) is 7.63. The third-order valence-corrected chi connectivity index (χ3v) is 4.79. The zero-order valence-corrected chi connectivity index (χ0v) is 16.1. The van der Waals surface area contributed by atoms with E-state index in [4.69, 9.17) is 4.74 Å². The molecule has 1 unspecified atom stereocenters. The summed E-state index contributed by atoms with van der Waals surface area (Å²) < 4.78 is 5.42. The van der Waals surface area contributed by atoms with Crippen molar-refractivity contribution in [1.82, 2.24) is 20.0 Å². The van der Waals surface area contributed by atoms with E-state index >= 15 is 0 Å². The van der Waals surface area contributed by atoms with Gasteiger partial charge in [0.25, 0.3) is 0 Å². The van der Waals surface area contributed by atoms with Gasteiger partial charge >= 0.3 is 0 Å². The molecule has 2 saturated heterocycles. The van der Waals surface area contributed by atoms with Crippen molar-refractivity contribution in [3.05, 3.63) is 0 Å². The lowest BCUT2D eigenvalue weighted by molar-refractivity contribution is 0.0320. The van der Waals surface area contributed by atoms with E-state index in [1.54, 1.807) is 0 Å². The number of rotatable bonds is 6. The molecular weight excluding hydrogens is 302 g/mol. The second-order valence-electron chi connectivity index (χ2n) is 7.63. The van der Waals surface area contributed by atoms with Crippen molar-refractivity contribution in [3.63, 3.8) is 0 Å². The predicted molar refractivity (Wildman–Crippen MR) is 101 cm³/mol. The van der Waals surface area contributed by atoms with Crippen LogP contribution in [0, 0.1) is 11.8 Å². The Balaban J connectivity index is 1.68. The minimum Gasteiger partial charge on any atom is -0.379 e. The lowest BCUT2D eigenvalue weighted by atomic mass is 10.1. The van der Waals surface area contributed by atoms with Crippen molar-refractivity contribution in [3.8, 4) is 0 Å². The van der Waals surface area contributed by atoms with Gasteiger partial charge in [-0.1, -0.05) is 20.8 Å². The fraction of sp³-hybridized carbons (Fsp3) is 0.944. The van der Waals surface area contributed by atoms with Gasteiger partial charge in [-0.15, -0.1) is 0 Å². The quantitative estimate of drug-likeness (QED) is 0.573. The molecule has 24 heavy (non-hydrogen) atoms. The molecule has 0 bridgehead atoms. The summed E-state index contributed by atoms with van der Waals surface area (Å²) >= 11 is 0. The maximum Gasteiger partial charge on any atom is 0.193 e. The van der Waals surface area contributed by atoms with E-state index in [-0.39, 0.29) is 0 Å². The fourth-order valence-corrected chi connectivity index (χ4v) is 3.55. The Hall–Kier alpha value is -0.850. The number of ether oxygens (including phenoxy) is 1. The van der Waals surface area contributed by atoms with Gasteiger partial charge in [0.05, 0.1) is 13.2 Å². The van der Waals surface area contributed by atoms with Crippen molar-refractivity contribution in [2.45, 2.75) is 20.8 Å². The zero-order chi connectivity index (χ0) is 17.4. The highest BCUT2D eigenvalue weighted by Gasteiger charge is 2.20. The third-order valence-electron chi connectivity index (χ3n) is 4.79. The lowest BCUT2D eigenvalue weighted by Gasteiger charge is -2.37. The second kappa shape index (κ2) is 10.2. The molecule has 1 N–H and O–H groups in total. The molecule has 0 radical (unpaired) electrons. The van der Waals surface area contributed by atoms with E-state index in [9.17, 15) is 0 Å². The smallest absolute Gasteiger partial charge is 0.193 e. The van der Waals surface area contributed by atoms with Crippen LogP contribution in [0.1, 0.15) is 20.8 Å². The average molecular weight is 340 g/mol. The monoisotopic (exact) mass is 339 g/mol. The molecule has 6 nitrogen and oxygen atoms in total. The molecule has 2 aliphatic rings. The molecule has 2 aliphatic heterocycles. The highest BCUT2D eigenvalue weighted by atomic mass is 16.5. The number of hydrogen-bond acceptors (Lipinski definition) is 4. The topological polar surface area (TPSA) is 43.3 Å². The zero-order valence-electron chi connectivity index (χ0n) is 16.1. The molecule has 6 heteroatoms. The lowest BCUT2D eigenvalue weighted by Crippen LogP contribution is -2.53. The fourth-order valence-electron chi connectivity index (χ4n) is 3.55. The standard InChI is InChI=1S/C18H37N5O/c1-16(2)14-21-5-7-23(8-6-21)18(19-4)20-13-17(3)15-22-9-11-24-12-10-22/h16-17H,5-15H2,1-4H3,(H,19,20). The van der Waals surface area contributed by atoms with Gasteiger partial charge in [-0.2, -0.15) is 0 Å². The van der Waals surface area contributed by atoms with E-state index in [2.05, 4.69) is 45.8 Å². The van der Waals surface area contributed by atoms with Gasteiger partial charge in [-0.05, 0) is 11.8 Å². The van der Waals surface area contributed by atoms with Crippen LogP contribution in [0.4, 0.5) is 0 Å². The highest BCUT2D eigenvalue weighted by molar-refractivity contribution is 5.80. The SMILES string of the molecule is CN=C(NCC(C)CN1CCOCC1)N1CCN(CC(C)C)CC1. The van der Waals surface area contributed by atoms with Crippen LogP contribution in [0.2, 0.25) is 0 Å². The van der Waals surface area contributed by atoms with Gasteiger partial charge in [0, 0.05) is 66.0 Å². The number of aliphatic imine (C=N–C) groups is 1. The van der Waals surface area contributed by atoms with Crippen LogP contribution >= 0.6 is 0 Å². The molecule has 0 spiro atoms. The Kier molecular flexibility index (Phi) is 8.29. The first-order chi connectivity index (χ1) is 11.6. The maximum atomic E-state index is 5.42. The van der Waals surface area contributed by atoms with Crippen LogP contribution in [0.3, 0.4) is 0 Å². The van der Waals surface area contributed by atoms with Gasteiger partial charge in [-0.3, -0.25) is 14.8 Å². The molecule has 0 aromatic carbocycles. The predicted octanol–water partition coefficient (Wildman–Crippen LogP) is 0.804. The number of piperazine rings is 1. The maximum absolute atomic E-state index is 5.42. The van der Waals surface area contributed by atoms with Crippen LogP contribution < -0.4 is 5.32 Å². The molecular formula is C18H37N5O. The van der Waals surface area contributed by atoms with E-state index in [0.29, 0.717) is 5.92 Å². The Morgan fingerprint density at radius 3 is 2.17 bits per heavy atom. The first-order valence-electron chi connectivity index (χ1n) is 9.56. The molecule has 140 valence electrons. The first kappa shape index (κ1) is 19.5. The number of morpholine rings is 1. The van der Waals surface area contributed by atoms with Crippen molar-refractivity contribution in [2.75, 3.05) is 79.2 Å². The molecule has 2 fully saturated rings. The summed E-state index contributed by atoms with van der Waals surface area (Å²) in [5.41, 5.74) is 0. The summed E-state index contributed by atoms with van der Waals surface area (Å²) in [5, 5.41) is 3.58. The van der Waals surface area contributed by atoms with E-state index in [1.165, 1.54) is 6.54 Å². The van der Waals surface area contributed by atoms with Crippen LogP contribution in [0.25, 0.3) is 0 Å². The van der Waals surface area contributed by atoms with Crippen LogP contribution in [0.5, 0.6) is 0 Å². The molecule has 0 aromatic rings.